The molecular weight excluding hydrogens is 289 g/mol. The molecule has 104 valence electrons. The fraction of sp³-hybridized carbons (Fsp3) is 0.385. The summed E-state index contributed by atoms with van der Waals surface area (Å²) in [5.74, 6) is -1.27. The van der Waals surface area contributed by atoms with Crippen molar-refractivity contribution in [1.82, 2.24) is 0 Å². The first kappa shape index (κ1) is 15.8. The number of rotatable bonds is 5. The van der Waals surface area contributed by atoms with Crippen molar-refractivity contribution in [2.24, 2.45) is 10.9 Å². The first-order valence-corrected chi connectivity index (χ1v) is 6.56. The van der Waals surface area contributed by atoms with Crippen LogP contribution >= 0.6 is 23.2 Å². The summed E-state index contributed by atoms with van der Waals surface area (Å²) in [5.41, 5.74) is 0.298. The molecule has 0 spiro atoms. The summed E-state index contributed by atoms with van der Waals surface area (Å²) < 4.78 is 0. The molecule has 0 heterocycles. The minimum Gasteiger partial charge on any atom is -0.506 e. The van der Waals surface area contributed by atoms with Gasteiger partial charge in [-0.1, -0.05) is 43.5 Å². The average molecular weight is 304 g/mol. The van der Waals surface area contributed by atoms with E-state index in [0.29, 0.717) is 17.0 Å². The van der Waals surface area contributed by atoms with Gasteiger partial charge in [-0.3, -0.25) is 4.99 Å². The van der Waals surface area contributed by atoms with Crippen molar-refractivity contribution in [2.45, 2.75) is 26.3 Å². The average Bonchev–Trinajstić information content (AvgIpc) is 2.34. The van der Waals surface area contributed by atoms with Gasteiger partial charge in [-0.2, -0.15) is 0 Å². The molecule has 1 aromatic rings. The predicted octanol–water partition coefficient (Wildman–Crippen LogP) is 3.62. The van der Waals surface area contributed by atoms with Crippen LogP contribution in [0.3, 0.4) is 0 Å². The van der Waals surface area contributed by atoms with Crippen LogP contribution in [-0.2, 0) is 4.79 Å². The lowest BCUT2D eigenvalue weighted by Crippen LogP contribution is -2.25. The van der Waals surface area contributed by atoms with Gasteiger partial charge < -0.3 is 10.2 Å². The highest BCUT2D eigenvalue weighted by atomic mass is 35.5. The lowest BCUT2D eigenvalue weighted by Gasteiger charge is -2.14. The van der Waals surface area contributed by atoms with Gasteiger partial charge in [0.25, 0.3) is 0 Å². The van der Waals surface area contributed by atoms with E-state index in [1.54, 1.807) is 6.92 Å². The third-order valence-corrected chi connectivity index (χ3v) is 3.37. The minimum atomic E-state index is -1.00. The van der Waals surface area contributed by atoms with Crippen molar-refractivity contribution < 1.29 is 15.0 Å². The SMILES string of the molecule is CC[C@H](C)[C@H](N=Cc1cc(Cl)cc(Cl)c1O)C(=O)O. The van der Waals surface area contributed by atoms with Crippen LogP contribution in [0, 0.1) is 5.92 Å². The molecule has 0 saturated carbocycles. The fourth-order valence-corrected chi connectivity index (χ4v) is 2.03. The molecule has 2 N–H and O–H groups in total. The Morgan fingerprint density at radius 2 is 2.11 bits per heavy atom. The molecule has 19 heavy (non-hydrogen) atoms. The number of hydrogen-bond acceptors (Lipinski definition) is 3. The van der Waals surface area contributed by atoms with Gasteiger partial charge >= 0.3 is 5.97 Å². The molecule has 0 aromatic heterocycles. The van der Waals surface area contributed by atoms with Gasteiger partial charge in [0.1, 0.15) is 11.8 Å². The van der Waals surface area contributed by atoms with Gasteiger partial charge in [0.2, 0.25) is 0 Å². The van der Waals surface area contributed by atoms with E-state index >= 15 is 0 Å². The van der Waals surface area contributed by atoms with Crippen molar-refractivity contribution in [1.29, 1.82) is 0 Å². The van der Waals surface area contributed by atoms with E-state index in [1.165, 1.54) is 18.3 Å². The third kappa shape index (κ3) is 4.11. The second-order valence-electron chi connectivity index (χ2n) is 4.27. The number of aliphatic carboxylic acids is 1. The van der Waals surface area contributed by atoms with Crippen LogP contribution in [0.5, 0.6) is 5.75 Å². The van der Waals surface area contributed by atoms with Gasteiger partial charge in [-0.05, 0) is 18.1 Å². The van der Waals surface area contributed by atoms with E-state index in [-0.39, 0.29) is 16.7 Å². The summed E-state index contributed by atoms with van der Waals surface area (Å²) in [6.45, 7) is 3.70. The Hall–Kier alpha value is -1.26. The molecule has 0 amide bonds. The van der Waals surface area contributed by atoms with Gasteiger partial charge in [-0.25, -0.2) is 4.79 Å². The van der Waals surface area contributed by atoms with Crippen molar-refractivity contribution in [3.05, 3.63) is 27.7 Å². The van der Waals surface area contributed by atoms with E-state index in [9.17, 15) is 9.90 Å². The van der Waals surface area contributed by atoms with Crippen molar-refractivity contribution in [2.75, 3.05) is 0 Å². The molecule has 0 unspecified atom stereocenters. The largest absolute Gasteiger partial charge is 0.506 e. The highest BCUT2D eigenvalue weighted by Gasteiger charge is 2.21. The first-order valence-electron chi connectivity index (χ1n) is 5.80. The maximum Gasteiger partial charge on any atom is 0.328 e. The minimum absolute atomic E-state index is 0.101. The number of aliphatic imine (C=N–C) groups is 1. The van der Waals surface area contributed by atoms with Crippen LogP contribution in [0.15, 0.2) is 17.1 Å². The maximum atomic E-state index is 11.1. The number of aromatic hydroxyl groups is 1. The molecule has 0 aliphatic heterocycles. The summed E-state index contributed by atoms with van der Waals surface area (Å²) in [7, 11) is 0. The van der Waals surface area contributed by atoms with Crippen molar-refractivity contribution >= 4 is 35.4 Å². The fourth-order valence-electron chi connectivity index (χ4n) is 1.52. The Morgan fingerprint density at radius 3 is 2.63 bits per heavy atom. The molecule has 0 aliphatic carbocycles. The highest BCUT2D eigenvalue weighted by molar-refractivity contribution is 6.36. The van der Waals surface area contributed by atoms with Crippen LogP contribution < -0.4 is 0 Å². The summed E-state index contributed by atoms with van der Waals surface area (Å²) in [6.07, 6.45) is 1.98. The van der Waals surface area contributed by atoms with E-state index in [2.05, 4.69) is 4.99 Å². The Bertz CT molecular complexity index is 503. The number of benzene rings is 1. The standard InChI is InChI=1S/C13H15Cl2NO3/c1-3-7(2)11(13(18)19)16-6-8-4-9(14)5-10(15)12(8)17/h4-7,11,17H,3H2,1-2H3,(H,18,19)/t7-,11-/m0/s1. The molecule has 4 nitrogen and oxygen atoms in total. The van der Waals surface area contributed by atoms with Gasteiger partial charge in [0.15, 0.2) is 0 Å². The van der Waals surface area contributed by atoms with Crippen molar-refractivity contribution in [3.63, 3.8) is 0 Å². The van der Waals surface area contributed by atoms with Crippen LogP contribution in [0.25, 0.3) is 0 Å². The second-order valence-corrected chi connectivity index (χ2v) is 5.12. The third-order valence-electron chi connectivity index (χ3n) is 2.87. The van der Waals surface area contributed by atoms with E-state index in [1.807, 2.05) is 6.92 Å². The van der Waals surface area contributed by atoms with Crippen molar-refractivity contribution in [3.8, 4) is 5.75 Å². The Kier molecular flexibility index (Phi) is 5.63. The Balaban J connectivity index is 3.06. The van der Waals surface area contributed by atoms with E-state index in [4.69, 9.17) is 28.3 Å². The number of phenolic OH excluding ortho intramolecular Hbond substituents is 1. The number of carbonyl (C=O) groups is 1. The zero-order valence-corrected chi connectivity index (χ0v) is 12.1. The molecule has 1 aromatic carbocycles. The number of hydrogen-bond donors (Lipinski definition) is 2. The van der Waals surface area contributed by atoms with Crippen LogP contribution in [-0.4, -0.2) is 28.4 Å². The Morgan fingerprint density at radius 1 is 1.47 bits per heavy atom. The summed E-state index contributed by atoms with van der Waals surface area (Å²) in [4.78, 5) is 15.1. The number of nitrogens with zero attached hydrogens (tertiary/aromatic N) is 1. The number of halogens is 2. The molecular formula is C13H15Cl2NO3. The summed E-state index contributed by atoms with van der Waals surface area (Å²) in [5, 5.41) is 19.3. The second kappa shape index (κ2) is 6.78. The zero-order valence-electron chi connectivity index (χ0n) is 10.6. The first-order chi connectivity index (χ1) is 8.86. The topological polar surface area (TPSA) is 69.9 Å². The summed E-state index contributed by atoms with van der Waals surface area (Å²) >= 11 is 11.6. The monoisotopic (exact) mass is 303 g/mol. The molecule has 0 fully saturated rings. The number of carboxylic acid groups (broad SMARTS) is 1. The normalized spacial score (nSPS) is 14.5. The van der Waals surface area contributed by atoms with Gasteiger partial charge in [0, 0.05) is 16.8 Å². The van der Waals surface area contributed by atoms with E-state index in [0.717, 1.165) is 0 Å². The molecule has 0 bridgehead atoms. The number of phenols is 1. The number of carboxylic acids is 1. The molecule has 0 aliphatic rings. The summed E-state index contributed by atoms with van der Waals surface area (Å²) in [6, 6.07) is 2.02. The van der Waals surface area contributed by atoms with Crippen LogP contribution in [0.1, 0.15) is 25.8 Å². The quantitative estimate of drug-likeness (QED) is 0.816. The predicted molar refractivity (Wildman–Crippen MR) is 76.6 cm³/mol. The smallest absolute Gasteiger partial charge is 0.328 e. The lowest BCUT2D eigenvalue weighted by molar-refractivity contribution is -0.139. The molecule has 2 atom stereocenters. The molecule has 6 heteroatoms. The molecule has 0 saturated heterocycles. The van der Waals surface area contributed by atoms with Crippen LogP contribution in [0.2, 0.25) is 10.0 Å². The molecule has 1 rings (SSSR count). The lowest BCUT2D eigenvalue weighted by atomic mass is 10.00. The maximum absolute atomic E-state index is 11.1. The molecule has 0 radical (unpaired) electrons. The Labute approximate surface area is 121 Å². The van der Waals surface area contributed by atoms with Gasteiger partial charge in [-0.15, -0.1) is 0 Å². The van der Waals surface area contributed by atoms with E-state index < -0.39 is 12.0 Å². The zero-order chi connectivity index (χ0) is 14.6. The highest BCUT2D eigenvalue weighted by Crippen LogP contribution is 2.30. The van der Waals surface area contributed by atoms with Gasteiger partial charge in [0.05, 0.1) is 5.02 Å². The van der Waals surface area contributed by atoms with Crippen LogP contribution in [0.4, 0.5) is 0 Å².